The van der Waals surface area contributed by atoms with E-state index in [9.17, 15) is 27.9 Å². The number of nitrogens with zero attached hydrogens (tertiary/aromatic N) is 1. The zero-order valence-electron chi connectivity index (χ0n) is 19.8. The van der Waals surface area contributed by atoms with Crippen LogP contribution < -0.4 is 0 Å². The molecule has 0 bridgehead atoms. The van der Waals surface area contributed by atoms with Gasteiger partial charge in [0.25, 0.3) is 5.91 Å². The molecule has 1 N–H and O–H groups in total. The lowest BCUT2D eigenvalue weighted by atomic mass is 9.75. The largest absolute Gasteiger partial charge is 0.465 e. The van der Waals surface area contributed by atoms with E-state index in [4.69, 9.17) is 4.74 Å². The second-order valence-corrected chi connectivity index (χ2v) is 9.22. The average molecular weight is 480 g/mol. The van der Waals surface area contributed by atoms with Crippen molar-refractivity contribution in [1.29, 1.82) is 0 Å². The van der Waals surface area contributed by atoms with Gasteiger partial charge in [-0.2, -0.15) is 13.2 Å². The molecule has 3 rings (SSSR count). The highest BCUT2D eigenvalue weighted by molar-refractivity contribution is 5.94. The number of ether oxygens (including phenoxy) is 1. The van der Waals surface area contributed by atoms with Gasteiger partial charge in [-0.3, -0.25) is 4.79 Å². The van der Waals surface area contributed by atoms with Crippen LogP contribution in [0.25, 0.3) is 0 Å². The molecule has 2 aliphatic carbocycles. The number of hydrogen-bond donors (Lipinski definition) is 1. The maximum atomic E-state index is 13.1. The highest BCUT2D eigenvalue weighted by atomic mass is 19.4. The number of hydrogen-bond acceptors (Lipinski definition) is 4. The molecule has 0 saturated heterocycles. The highest BCUT2D eigenvalue weighted by Crippen LogP contribution is 2.39. The number of aliphatic hydroxyl groups is 1. The molecule has 5 nitrogen and oxygen atoms in total. The minimum absolute atomic E-state index is 0.0699. The molecule has 2 atom stereocenters. The number of carbonyl (C=O) groups is 2. The molecule has 1 aromatic carbocycles. The first-order chi connectivity index (χ1) is 16.0. The first-order valence-corrected chi connectivity index (χ1v) is 11.7. The summed E-state index contributed by atoms with van der Waals surface area (Å²) in [5.74, 6) is 0.285. The third-order valence-electron chi connectivity index (χ3n) is 7.19. The first kappa shape index (κ1) is 26.0. The van der Waals surface area contributed by atoms with Gasteiger partial charge in [0.2, 0.25) is 0 Å². The van der Waals surface area contributed by atoms with Crippen molar-refractivity contribution in [2.75, 3.05) is 13.7 Å². The fourth-order valence-corrected chi connectivity index (χ4v) is 4.93. The molecular weight excluding hydrogens is 447 g/mol. The Kier molecular flexibility index (Phi) is 7.91. The van der Waals surface area contributed by atoms with Crippen LogP contribution in [0.3, 0.4) is 0 Å². The summed E-state index contributed by atoms with van der Waals surface area (Å²) in [6.45, 7) is 3.11. The van der Waals surface area contributed by atoms with E-state index in [0.717, 1.165) is 44.2 Å². The van der Waals surface area contributed by atoms with Crippen LogP contribution in [-0.4, -0.2) is 47.8 Å². The lowest BCUT2D eigenvalue weighted by Crippen LogP contribution is -2.43. The smallest absolute Gasteiger partial charge is 0.421 e. The first-order valence-electron chi connectivity index (χ1n) is 11.7. The van der Waals surface area contributed by atoms with Crippen LogP contribution in [0, 0.1) is 11.8 Å². The number of methoxy groups -OCH3 is 1. The standard InChI is InChI=1S/C26H32F3NO4/c1-4-30(23(31)19-9-13-21(14-10-19)25(2,33)26(27,28)29)22-15-11-18(12-16-22)17-5-7-20(8-6-17)24(32)34-3/h5,7-10,13-14,17-18,22,33H,4,6,11-12,15-16H2,1-3H3/t17?,18?,22?,25-/m0/s1. The SMILES string of the molecule is CCN(C(=O)c1ccc([C@](C)(O)C(F)(F)F)cc1)C1CCC(C2C=CC(C(=O)OC)=CC2)CC1. The minimum Gasteiger partial charge on any atom is -0.465 e. The second kappa shape index (κ2) is 10.3. The maximum Gasteiger partial charge on any atom is 0.421 e. The monoisotopic (exact) mass is 479 g/mol. The molecule has 0 radical (unpaired) electrons. The van der Waals surface area contributed by atoms with Crippen LogP contribution >= 0.6 is 0 Å². The molecule has 1 saturated carbocycles. The van der Waals surface area contributed by atoms with Gasteiger partial charge < -0.3 is 14.7 Å². The zero-order valence-corrected chi connectivity index (χ0v) is 19.8. The highest BCUT2D eigenvalue weighted by Gasteiger charge is 2.51. The maximum absolute atomic E-state index is 13.1. The van der Waals surface area contributed by atoms with Crippen molar-refractivity contribution in [1.82, 2.24) is 4.90 Å². The van der Waals surface area contributed by atoms with E-state index in [1.54, 1.807) is 4.90 Å². The van der Waals surface area contributed by atoms with E-state index in [2.05, 4.69) is 6.08 Å². The minimum atomic E-state index is -4.81. The molecule has 0 aliphatic heterocycles. The van der Waals surface area contributed by atoms with Crippen molar-refractivity contribution < 1.29 is 32.6 Å². The lowest BCUT2D eigenvalue weighted by Gasteiger charge is -2.38. The summed E-state index contributed by atoms with van der Waals surface area (Å²) in [4.78, 5) is 26.6. The summed E-state index contributed by atoms with van der Waals surface area (Å²) in [5.41, 5.74) is -2.39. The second-order valence-electron chi connectivity index (χ2n) is 9.22. The number of allylic oxidation sites excluding steroid dienone is 2. The molecule has 0 heterocycles. The molecule has 1 fully saturated rings. The van der Waals surface area contributed by atoms with E-state index < -0.39 is 11.8 Å². The third-order valence-corrected chi connectivity index (χ3v) is 7.19. The predicted molar refractivity (Wildman–Crippen MR) is 122 cm³/mol. The van der Waals surface area contributed by atoms with Gasteiger partial charge in [0.1, 0.15) is 0 Å². The molecular formula is C26H32F3NO4. The van der Waals surface area contributed by atoms with Gasteiger partial charge in [-0.05, 0) is 75.5 Å². The van der Waals surface area contributed by atoms with E-state index in [-0.39, 0.29) is 23.5 Å². The summed E-state index contributed by atoms with van der Waals surface area (Å²) in [7, 11) is 1.37. The van der Waals surface area contributed by atoms with Gasteiger partial charge >= 0.3 is 12.1 Å². The number of benzene rings is 1. The Hall–Kier alpha value is -2.61. The van der Waals surface area contributed by atoms with Gasteiger partial charge in [0.15, 0.2) is 5.60 Å². The van der Waals surface area contributed by atoms with Gasteiger partial charge in [-0.15, -0.1) is 0 Å². The molecule has 0 aromatic heterocycles. The van der Waals surface area contributed by atoms with Crippen LogP contribution in [-0.2, 0) is 15.1 Å². The zero-order chi connectivity index (χ0) is 25.1. The van der Waals surface area contributed by atoms with Crippen molar-refractivity contribution in [3.63, 3.8) is 0 Å². The third kappa shape index (κ3) is 5.37. The quantitative estimate of drug-likeness (QED) is 0.573. The fourth-order valence-electron chi connectivity index (χ4n) is 4.93. The van der Waals surface area contributed by atoms with E-state index >= 15 is 0 Å². The molecule has 186 valence electrons. The number of amides is 1. The molecule has 34 heavy (non-hydrogen) atoms. The molecule has 8 heteroatoms. The molecule has 2 aliphatic rings. The van der Waals surface area contributed by atoms with Crippen molar-refractivity contribution in [2.45, 2.75) is 63.8 Å². The van der Waals surface area contributed by atoms with Crippen LogP contribution in [0.2, 0.25) is 0 Å². The van der Waals surface area contributed by atoms with Crippen molar-refractivity contribution in [3.05, 3.63) is 59.2 Å². The van der Waals surface area contributed by atoms with Crippen molar-refractivity contribution in [2.24, 2.45) is 11.8 Å². The Morgan fingerprint density at radius 2 is 1.74 bits per heavy atom. The van der Waals surface area contributed by atoms with Crippen LogP contribution in [0.1, 0.15) is 61.9 Å². The van der Waals surface area contributed by atoms with E-state index in [1.807, 2.05) is 19.1 Å². The Morgan fingerprint density at radius 3 is 2.21 bits per heavy atom. The van der Waals surface area contributed by atoms with Crippen LogP contribution in [0.4, 0.5) is 13.2 Å². The Labute approximate surface area is 198 Å². The van der Waals surface area contributed by atoms with Gasteiger partial charge in [0.05, 0.1) is 12.7 Å². The lowest BCUT2D eigenvalue weighted by molar-refractivity contribution is -0.258. The number of esters is 1. The Balaban J connectivity index is 1.60. The van der Waals surface area contributed by atoms with Crippen LogP contribution in [0.15, 0.2) is 48.1 Å². The number of carbonyl (C=O) groups excluding carboxylic acids is 2. The summed E-state index contributed by atoms with van der Waals surface area (Å²) in [5, 5.41) is 9.85. The average Bonchev–Trinajstić information content (AvgIpc) is 2.84. The Bertz CT molecular complexity index is 942. The molecule has 1 unspecified atom stereocenters. The van der Waals surface area contributed by atoms with Gasteiger partial charge in [0, 0.05) is 18.2 Å². The summed E-state index contributed by atoms with van der Waals surface area (Å²) in [6.07, 6.45) is 5.43. The van der Waals surface area contributed by atoms with Gasteiger partial charge in [-0.1, -0.05) is 30.4 Å². The topological polar surface area (TPSA) is 66.8 Å². The van der Waals surface area contributed by atoms with E-state index in [1.165, 1.54) is 19.2 Å². The molecule has 0 spiro atoms. The molecule has 1 amide bonds. The molecule has 1 aromatic rings. The number of halogens is 3. The van der Waals surface area contributed by atoms with Crippen molar-refractivity contribution >= 4 is 11.9 Å². The number of alkyl halides is 3. The van der Waals surface area contributed by atoms with Gasteiger partial charge in [-0.25, -0.2) is 4.79 Å². The summed E-state index contributed by atoms with van der Waals surface area (Å²) in [6, 6.07) is 5.10. The Morgan fingerprint density at radius 1 is 1.12 bits per heavy atom. The fraction of sp³-hybridized carbons (Fsp3) is 0.538. The van der Waals surface area contributed by atoms with E-state index in [0.29, 0.717) is 36.4 Å². The normalized spacial score (nSPS) is 24.7. The summed E-state index contributed by atoms with van der Waals surface area (Å²) < 4.78 is 44.0. The van der Waals surface area contributed by atoms with Crippen LogP contribution in [0.5, 0.6) is 0 Å². The summed E-state index contributed by atoms with van der Waals surface area (Å²) >= 11 is 0. The number of rotatable bonds is 6. The predicted octanol–water partition coefficient (Wildman–Crippen LogP) is 5.15. The van der Waals surface area contributed by atoms with Crippen molar-refractivity contribution in [3.8, 4) is 0 Å².